The van der Waals surface area contributed by atoms with Gasteiger partial charge in [0.25, 0.3) is 0 Å². The highest BCUT2D eigenvalue weighted by Crippen LogP contribution is 2.44. The number of hydrogen-bond donors (Lipinski definition) is 0. The summed E-state index contributed by atoms with van der Waals surface area (Å²) in [6.07, 6.45) is 3.92. The Hall–Kier alpha value is -1.07. The molecule has 0 aromatic heterocycles. The maximum atomic E-state index is 11.6. The van der Waals surface area contributed by atoms with Crippen LogP contribution in [0.4, 0.5) is 0 Å². The van der Waals surface area contributed by atoms with Crippen LogP contribution >= 0.6 is 0 Å². The van der Waals surface area contributed by atoms with Crippen molar-refractivity contribution in [2.45, 2.75) is 65.0 Å². The zero-order valence-corrected chi connectivity index (χ0v) is 14.4. The van der Waals surface area contributed by atoms with E-state index in [9.17, 15) is 4.79 Å². The normalized spacial score (nSPS) is 25.9. The van der Waals surface area contributed by atoms with E-state index in [1.54, 1.807) is 0 Å². The largest absolute Gasteiger partial charge is 0.466 e. The maximum absolute atomic E-state index is 11.6. The average molecular weight is 306 g/mol. The molecular formula is C17H27BO4. The van der Waals surface area contributed by atoms with Crippen LogP contribution in [0.5, 0.6) is 0 Å². The number of ether oxygens (including phenoxy) is 1. The smallest absolute Gasteiger partial charge is 0.458 e. The van der Waals surface area contributed by atoms with Crippen LogP contribution in [0.3, 0.4) is 0 Å². The van der Waals surface area contributed by atoms with Gasteiger partial charge >= 0.3 is 13.1 Å². The van der Waals surface area contributed by atoms with E-state index < -0.39 is 0 Å². The summed E-state index contributed by atoms with van der Waals surface area (Å²) in [5, 5.41) is 0. The molecule has 22 heavy (non-hydrogen) atoms. The SMILES string of the molecule is C=CC1=C(CC(=O)OCC)CC1CB1OC(C)(C)C(C)(C)O1. The molecule has 1 aliphatic heterocycles. The van der Waals surface area contributed by atoms with Gasteiger partial charge in [-0.3, -0.25) is 4.79 Å². The standard InChI is InChI=1S/C17H27BO4/c1-7-14-12(10-15(19)20-8-2)9-13(14)11-18-21-16(3,4)17(5,6)22-18/h7,13H,1,8-11H2,2-6H3. The second kappa shape index (κ2) is 6.21. The molecule has 1 unspecified atom stereocenters. The minimum Gasteiger partial charge on any atom is -0.466 e. The summed E-state index contributed by atoms with van der Waals surface area (Å²) in [5.74, 6) is 0.197. The summed E-state index contributed by atoms with van der Waals surface area (Å²) >= 11 is 0. The van der Waals surface area contributed by atoms with Crippen molar-refractivity contribution in [2.24, 2.45) is 5.92 Å². The van der Waals surface area contributed by atoms with Crippen LogP contribution in [0.15, 0.2) is 23.8 Å². The lowest BCUT2D eigenvalue weighted by molar-refractivity contribution is -0.142. The molecular weight excluding hydrogens is 279 g/mol. The Labute approximate surface area is 134 Å². The molecule has 122 valence electrons. The predicted molar refractivity (Wildman–Crippen MR) is 87.5 cm³/mol. The van der Waals surface area contributed by atoms with Gasteiger partial charge in [-0.2, -0.15) is 0 Å². The lowest BCUT2D eigenvalue weighted by Gasteiger charge is -2.32. The molecule has 0 radical (unpaired) electrons. The molecule has 0 bridgehead atoms. The van der Waals surface area contributed by atoms with E-state index in [0.29, 0.717) is 18.9 Å². The third kappa shape index (κ3) is 3.30. The molecule has 2 rings (SSSR count). The van der Waals surface area contributed by atoms with Crippen LogP contribution in [0, 0.1) is 5.92 Å². The van der Waals surface area contributed by atoms with Gasteiger partial charge in [0, 0.05) is 0 Å². The first-order valence-corrected chi connectivity index (χ1v) is 8.05. The molecule has 4 nitrogen and oxygen atoms in total. The summed E-state index contributed by atoms with van der Waals surface area (Å²) in [6, 6.07) is 0. The zero-order chi connectivity index (χ0) is 16.5. The predicted octanol–water partition coefficient (Wildman–Crippen LogP) is 3.53. The highest BCUT2D eigenvalue weighted by atomic mass is 16.7. The third-order valence-corrected chi connectivity index (χ3v) is 5.00. The minimum atomic E-state index is -0.298. The number of allylic oxidation sites excluding steroid dienone is 2. The second-order valence-electron chi connectivity index (χ2n) is 7.07. The van der Waals surface area contributed by atoms with Crippen LogP contribution < -0.4 is 0 Å². The molecule has 1 aliphatic carbocycles. The molecule has 1 saturated heterocycles. The first-order chi connectivity index (χ1) is 10.2. The Balaban J connectivity index is 1.95. The number of carbonyl (C=O) groups excluding carboxylic acids is 1. The lowest BCUT2D eigenvalue weighted by Crippen LogP contribution is -2.41. The van der Waals surface area contributed by atoms with Crippen molar-refractivity contribution in [1.29, 1.82) is 0 Å². The van der Waals surface area contributed by atoms with Crippen molar-refractivity contribution in [2.75, 3.05) is 6.61 Å². The summed E-state index contributed by atoms with van der Waals surface area (Å²) in [7, 11) is -0.200. The van der Waals surface area contributed by atoms with Crippen molar-refractivity contribution in [1.82, 2.24) is 0 Å². The van der Waals surface area contributed by atoms with Crippen LogP contribution in [0.2, 0.25) is 6.32 Å². The number of esters is 1. The van der Waals surface area contributed by atoms with Gasteiger partial charge in [0.15, 0.2) is 0 Å². The molecule has 5 heteroatoms. The highest BCUT2D eigenvalue weighted by molar-refractivity contribution is 6.45. The van der Waals surface area contributed by atoms with E-state index in [-0.39, 0.29) is 24.3 Å². The van der Waals surface area contributed by atoms with Gasteiger partial charge in [-0.15, -0.1) is 0 Å². The molecule has 1 heterocycles. The molecule has 0 N–H and O–H groups in total. The molecule has 0 spiro atoms. The molecule has 1 atom stereocenters. The van der Waals surface area contributed by atoms with E-state index >= 15 is 0 Å². The Kier molecular flexibility index (Phi) is 4.88. The molecule has 1 fully saturated rings. The second-order valence-corrected chi connectivity index (χ2v) is 7.07. The van der Waals surface area contributed by atoms with Gasteiger partial charge in [0.05, 0.1) is 24.2 Å². The Morgan fingerprint density at radius 1 is 1.36 bits per heavy atom. The maximum Gasteiger partial charge on any atom is 0.458 e. The molecule has 0 saturated carbocycles. The Morgan fingerprint density at radius 3 is 2.45 bits per heavy atom. The van der Waals surface area contributed by atoms with E-state index in [1.165, 1.54) is 0 Å². The lowest BCUT2D eigenvalue weighted by atomic mass is 9.65. The van der Waals surface area contributed by atoms with Gasteiger partial charge in [-0.05, 0) is 58.9 Å². The number of carbonyl (C=O) groups is 1. The number of rotatable bonds is 6. The van der Waals surface area contributed by atoms with Gasteiger partial charge in [-0.25, -0.2) is 0 Å². The molecule has 0 aromatic rings. The average Bonchev–Trinajstić information content (AvgIpc) is 2.56. The Bertz CT molecular complexity index is 477. The summed E-state index contributed by atoms with van der Waals surface area (Å²) in [6.45, 7) is 14.4. The molecule has 2 aliphatic rings. The summed E-state index contributed by atoms with van der Waals surface area (Å²) in [4.78, 5) is 11.6. The van der Waals surface area contributed by atoms with Crippen molar-refractivity contribution >= 4 is 13.1 Å². The zero-order valence-electron chi connectivity index (χ0n) is 14.4. The quantitative estimate of drug-likeness (QED) is 0.556. The van der Waals surface area contributed by atoms with Gasteiger partial charge in [0.1, 0.15) is 0 Å². The van der Waals surface area contributed by atoms with E-state index in [2.05, 4.69) is 34.3 Å². The fourth-order valence-corrected chi connectivity index (χ4v) is 3.06. The summed E-state index contributed by atoms with van der Waals surface area (Å²) in [5.41, 5.74) is 1.69. The first-order valence-electron chi connectivity index (χ1n) is 8.05. The van der Waals surface area contributed by atoms with Crippen molar-refractivity contribution in [3.05, 3.63) is 23.8 Å². The van der Waals surface area contributed by atoms with Crippen LogP contribution in [0.1, 0.15) is 47.5 Å². The Morgan fingerprint density at radius 2 is 1.95 bits per heavy atom. The van der Waals surface area contributed by atoms with Crippen molar-refractivity contribution in [3.63, 3.8) is 0 Å². The highest BCUT2D eigenvalue weighted by Gasteiger charge is 2.52. The van der Waals surface area contributed by atoms with Crippen molar-refractivity contribution in [3.8, 4) is 0 Å². The topological polar surface area (TPSA) is 44.8 Å². The van der Waals surface area contributed by atoms with Crippen LogP contribution in [0.25, 0.3) is 0 Å². The molecule has 0 amide bonds. The van der Waals surface area contributed by atoms with Gasteiger partial charge < -0.3 is 14.0 Å². The minimum absolute atomic E-state index is 0.161. The van der Waals surface area contributed by atoms with Gasteiger partial charge in [0.2, 0.25) is 0 Å². The first kappa shape index (κ1) is 17.3. The number of hydrogen-bond acceptors (Lipinski definition) is 4. The fraction of sp³-hybridized carbons (Fsp3) is 0.706. The fourth-order valence-electron chi connectivity index (χ4n) is 3.06. The third-order valence-electron chi connectivity index (χ3n) is 5.00. The van der Waals surface area contributed by atoms with E-state index in [1.807, 2.05) is 13.0 Å². The van der Waals surface area contributed by atoms with Crippen LogP contribution in [-0.2, 0) is 18.8 Å². The monoisotopic (exact) mass is 306 g/mol. The van der Waals surface area contributed by atoms with E-state index in [0.717, 1.165) is 23.9 Å². The van der Waals surface area contributed by atoms with E-state index in [4.69, 9.17) is 14.0 Å². The van der Waals surface area contributed by atoms with Crippen molar-refractivity contribution < 1.29 is 18.8 Å². The van der Waals surface area contributed by atoms with Crippen LogP contribution in [-0.4, -0.2) is 30.9 Å². The van der Waals surface area contributed by atoms with Gasteiger partial charge in [-0.1, -0.05) is 18.2 Å². The summed E-state index contributed by atoms with van der Waals surface area (Å²) < 4.78 is 17.1. The molecule has 0 aromatic carbocycles.